The molecule has 1 N–H and O–H groups in total. The Balaban J connectivity index is 1.94. The molecule has 2 aromatic rings. The minimum Gasteiger partial charge on any atom is -0.328 e. The number of ketones is 1. The standard InChI is InChI=1S/C17H13Cl2F3N4O/c1-7-4-11-13(12(27)5-7)14(9-3-2-8(18)6-10(9)19)26-16(23-11)24-15(25-26)17(20,21)22/h2-3,6-7,14H,4-5H2,1H3,(H,23,24,25)/t7-,14-/m1/s1. The zero-order valence-corrected chi connectivity index (χ0v) is 15.5. The van der Waals surface area contributed by atoms with Crippen LogP contribution in [0.3, 0.4) is 0 Å². The molecule has 2 aliphatic rings. The van der Waals surface area contributed by atoms with E-state index >= 15 is 0 Å². The van der Waals surface area contributed by atoms with E-state index in [2.05, 4.69) is 15.4 Å². The number of alkyl halides is 3. The molecule has 27 heavy (non-hydrogen) atoms. The third-order valence-corrected chi connectivity index (χ3v) is 5.20. The number of nitrogens with one attached hydrogen (secondary N) is 1. The van der Waals surface area contributed by atoms with Crippen LogP contribution < -0.4 is 5.32 Å². The fourth-order valence-corrected chi connectivity index (χ4v) is 4.05. The van der Waals surface area contributed by atoms with Gasteiger partial charge in [-0.1, -0.05) is 36.2 Å². The first kappa shape index (κ1) is 18.3. The van der Waals surface area contributed by atoms with E-state index in [0.29, 0.717) is 34.7 Å². The molecule has 1 aliphatic carbocycles. The highest BCUT2D eigenvalue weighted by molar-refractivity contribution is 6.35. The third-order valence-electron chi connectivity index (χ3n) is 4.63. The molecule has 2 heterocycles. The molecule has 5 nitrogen and oxygen atoms in total. The largest absolute Gasteiger partial charge is 0.453 e. The Morgan fingerprint density at radius 2 is 2.00 bits per heavy atom. The number of anilines is 1. The van der Waals surface area contributed by atoms with E-state index in [1.54, 1.807) is 12.1 Å². The molecule has 0 fully saturated rings. The van der Waals surface area contributed by atoms with Crippen LogP contribution >= 0.6 is 23.2 Å². The van der Waals surface area contributed by atoms with E-state index in [9.17, 15) is 18.0 Å². The molecular weight excluding hydrogens is 404 g/mol. The van der Waals surface area contributed by atoms with Crippen LogP contribution in [0.25, 0.3) is 0 Å². The molecule has 4 rings (SSSR count). The molecule has 10 heteroatoms. The van der Waals surface area contributed by atoms with Crippen LogP contribution in [0.5, 0.6) is 0 Å². The highest BCUT2D eigenvalue weighted by atomic mass is 35.5. The minimum atomic E-state index is -4.71. The Hall–Kier alpha value is -2.06. The average molecular weight is 417 g/mol. The molecule has 0 bridgehead atoms. The van der Waals surface area contributed by atoms with E-state index in [1.165, 1.54) is 6.07 Å². The molecule has 0 unspecified atom stereocenters. The Bertz CT molecular complexity index is 983. The quantitative estimate of drug-likeness (QED) is 0.719. The summed E-state index contributed by atoms with van der Waals surface area (Å²) in [7, 11) is 0. The summed E-state index contributed by atoms with van der Waals surface area (Å²) in [4.78, 5) is 16.4. The normalized spacial score (nSPS) is 22.4. The zero-order valence-electron chi connectivity index (χ0n) is 13.9. The van der Waals surface area contributed by atoms with E-state index in [0.717, 1.165) is 4.68 Å². The number of rotatable bonds is 1. The Kier molecular flexibility index (Phi) is 4.23. The van der Waals surface area contributed by atoms with E-state index in [-0.39, 0.29) is 22.7 Å². The van der Waals surface area contributed by atoms with Crippen molar-refractivity contribution in [1.29, 1.82) is 0 Å². The number of fused-ring (bicyclic) bond motifs is 1. The molecule has 142 valence electrons. The predicted octanol–water partition coefficient (Wildman–Crippen LogP) is 4.87. The van der Waals surface area contributed by atoms with Gasteiger partial charge in [-0.05, 0) is 24.5 Å². The number of hydrogen-bond acceptors (Lipinski definition) is 4. The molecule has 0 amide bonds. The summed E-state index contributed by atoms with van der Waals surface area (Å²) in [6, 6.07) is 3.75. The van der Waals surface area contributed by atoms with Crippen molar-refractivity contribution in [3.8, 4) is 0 Å². The molecule has 2 atom stereocenters. The second kappa shape index (κ2) is 6.24. The molecule has 1 aliphatic heterocycles. The minimum absolute atomic E-state index is 0.0704. The van der Waals surface area contributed by atoms with Gasteiger partial charge in [-0.15, -0.1) is 5.10 Å². The summed E-state index contributed by atoms with van der Waals surface area (Å²) in [6.45, 7) is 1.91. The van der Waals surface area contributed by atoms with E-state index < -0.39 is 18.0 Å². The predicted molar refractivity (Wildman–Crippen MR) is 93.7 cm³/mol. The van der Waals surface area contributed by atoms with Crippen molar-refractivity contribution in [1.82, 2.24) is 14.8 Å². The van der Waals surface area contributed by atoms with Crippen LogP contribution in [-0.2, 0) is 11.0 Å². The average Bonchev–Trinajstić information content (AvgIpc) is 2.97. The maximum absolute atomic E-state index is 13.2. The fourth-order valence-electron chi connectivity index (χ4n) is 3.54. The third kappa shape index (κ3) is 3.10. The number of carbonyl (C=O) groups excluding carboxylic acids is 1. The lowest BCUT2D eigenvalue weighted by molar-refractivity contribution is -0.145. The van der Waals surface area contributed by atoms with Gasteiger partial charge in [-0.3, -0.25) is 4.79 Å². The molecule has 0 saturated carbocycles. The lowest BCUT2D eigenvalue weighted by atomic mass is 9.81. The zero-order chi connectivity index (χ0) is 19.5. The number of hydrogen-bond donors (Lipinski definition) is 1. The maximum Gasteiger partial charge on any atom is 0.453 e. The van der Waals surface area contributed by atoms with Gasteiger partial charge in [-0.25, -0.2) is 4.68 Å². The lowest BCUT2D eigenvalue weighted by Gasteiger charge is -2.34. The van der Waals surface area contributed by atoms with Crippen LogP contribution in [0.4, 0.5) is 19.1 Å². The number of Topliss-reactive ketones (excluding diaryl/α,β-unsaturated/α-hetero) is 1. The van der Waals surface area contributed by atoms with Gasteiger partial charge in [0.15, 0.2) is 5.78 Å². The fraction of sp³-hybridized carbons (Fsp3) is 0.353. The number of nitrogens with zero attached hydrogens (tertiary/aromatic N) is 3. The van der Waals surface area contributed by atoms with Gasteiger partial charge in [0.05, 0.1) is 0 Å². The van der Waals surface area contributed by atoms with Crippen LogP contribution in [0.1, 0.15) is 37.2 Å². The lowest BCUT2D eigenvalue weighted by Crippen LogP contribution is -2.33. The highest BCUT2D eigenvalue weighted by Crippen LogP contribution is 2.44. The van der Waals surface area contributed by atoms with Gasteiger partial charge in [0.2, 0.25) is 5.95 Å². The van der Waals surface area contributed by atoms with Crippen molar-refractivity contribution in [3.05, 3.63) is 50.9 Å². The van der Waals surface area contributed by atoms with Crippen molar-refractivity contribution in [2.24, 2.45) is 5.92 Å². The van der Waals surface area contributed by atoms with E-state index in [1.807, 2.05) is 6.92 Å². The number of carbonyl (C=O) groups is 1. The Labute approximate surface area is 162 Å². The van der Waals surface area contributed by atoms with Gasteiger partial charge < -0.3 is 5.32 Å². The molecule has 0 radical (unpaired) electrons. The first-order chi connectivity index (χ1) is 12.6. The van der Waals surface area contributed by atoms with E-state index in [4.69, 9.17) is 23.2 Å². The molecular formula is C17H13Cl2F3N4O. The van der Waals surface area contributed by atoms with Crippen molar-refractivity contribution >= 4 is 34.9 Å². The number of aromatic nitrogens is 3. The smallest absolute Gasteiger partial charge is 0.328 e. The van der Waals surface area contributed by atoms with Crippen molar-refractivity contribution < 1.29 is 18.0 Å². The first-order valence-corrected chi connectivity index (χ1v) is 8.92. The SMILES string of the molecule is C[C@H]1CC(=O)C2=C(C1)Nc1nc(C(F)(F)F)nn1[C@@H]2c1ccc(Cl)cc1Cl. The molecule has 0 saturated heterocycles. The highest BCUT2D eigenvalue weighted by Gasteiger charge is 2.43. The summed E-state index contributed by atoms with van der Waals surface area (Å²) >= 11 is 12.3. The Morgan fingerprint density at radius 1 is 1.26 bits per heavy atom. The van der Waals surface area contributed by atoms with Crippen LogP contribution in [0.15, 0.2) is 29.5 Å². The molecule has 1 aromatic heterocycles. The summed E-state index contributed by atoms with van der Waals surface area (Å²) in [5, 5.41) is 7.11. The van der Waals surface area contributed by atoms with Crippen LogP contribution in [-0.4, -0.2) is 20.5 Å². The summed E-state index contributed by atoms with van der Waals surface area (Å²) in [5.74, 6) is -1.43. The maximum atomic E-state index is 13.2. The van der Waals surface area contributed by atoms with Gasteiger partial charge in [0.25, 0.3) is 5.82 Å². The monoisotopic (exact) mass is 416 g/mol. The van der Waals surface area contributed by atoms with Gasteiger partial charge in [0.1, 0.15) is 6.04 Å². The molecule has 0 spiro atoms. The van der Waals surface area contributed by atoms with Gasteiger partial charge in [-0.2, -0.15) is 18.2 Å². The van der Waals surface area contributed by atoms with Crippen molar-refractivity contribution in [2.45, 2.75) is 32.0 Å². The number of halogens is 5. The summed E-state index contributed by atoms with van der Waals surface area (Å²) < 4.78 is 40.5. The number of allylic oxidation sites excluding steroid dienone is 2. The first-order valence-electron chi connectivity index (χ1n) is 8.17. The van der Waals surface area contributed by atoms with Crippen molar-refractivity contribution in [3.63, 3.8) is 0 Å². The summed E-state index contributed by atoms with van der Waals surface area (Å²) in [5.41, 5.74) is 1.37. The second-order valence-corrected chi connectivity index (χ2v) is 7.57. The second-order valence-electron chi connectivity index (χ2n) is 6.72. The van der Waals surface area contributed by atoms with Gasteiger partial charge in [0, 0.05) is 33.3 Å². The van der Waals surface area contributed by atoms with Crippen LogP contribution in [0, 0.1) is 5.92 Å². The summed E-state index contributed by atoms with van der Waals surface area (Å²) in [6.07, 6.45) is -3.88. The topological polar surface area (TPSA) is 59.8 Å². The Morgan fingerprint density at radius 3 is 2.67 bits per heavy atom. The number of benzene rings is 1. The van der Waals surface area contributed by atoms with Crippen molar-refractivity contribution in [2.75, 3.05) is 5.32 Å². The molecule has 1 aromatic carbocycles. The van der Waals surface area contributed by atoms with Gasteiger partial charge >= 0.3 is 6.18 Å². The van der Waals surface area contributed by atoms with Crippen LogP contribution in [0.2, 0.25) is 10.0 Å².